The molecule has 0 bridgehead atoms. The van der Waals surface area contributed by atoms with Gasteiger partial charge in [0.2, 0.25) is 0 Å². The van der Waals surface area contributed by atoms with E-state index >= 15 is 0 Å². The second-order valence-electron chi connectivity index (χ2n) is 3.99. The summed E-state index contributed by atoms with van der Waals surface area (Å²) >= 11 is 3.56. The monoisotopic (exact) mass is 239 g/mol. The van der Waals surface area contributed by atoms with E-state index in [2.05, 4.69) is 41.1 Å². The number of hydrogen-bond donors (Lipinski definition) is 1. The normalized spacial score (nSPS) is 19.6. The summed E-state index contributed by atoms with van der Waals surface area (Å²) < 4.78 is 1.15. The van der Waals surface area contributed by atoms with Crippen LogP contribution in [0.5, 0.6) is 0 Å². The molecule has 1 fully saturated rings. The molecule has 1 aliphatic carbocycles. The van der Waals surface area contributed by atoms with Crippen molar-refractivity contribution >= 4 is 15.9 Å². The summed E-state index contributed by atoms with van der Waals surface area (Å²) in [6.45, 7) is 2.11. The van der Waals surface area contributed by atoms with E-state index in [1.165, 1.54) is 17.5 Å². The number of nitrogens with two attached hydrogens (primary N) is 1. The highest BCUT2D eigenvalue weighted by atomic mass is 79.9. The fourth-order valence-electron chi connectivity index (χ4n) is 1.85. The SMILES string of the molecule is Cc1ccc(Br)c(C2(N)CCC2)c1. The van der Waals surface area contributed by atoms with Crippen molar-refractivity contribution in [1.29, 1.82) is 0 Å². The van der Waals surface area contributed by atoms with Gasteiger partial charge < -0.3 is 5.73 Å². The van der Waals surface area contributed by atoms with Crippen molar-refractivity contribution in [2.24, 2.45) is 5.73 Å². The lowest BCUT2D eigenvalue weighted by atomic mass is 9.72. The lowest BCUT2D eigenvalue weighted by Crippen LogP contribution is -2.43. The van der Waals surface area contributed by atoms with E-state index in [4.69, 9.17) is 5.73 Å². The fourth-order valence-corrected chi connectivity index (χ4v) is 2.49. The smallest absolute Gasteiger partial charge is 0.0421 e. The minimum atomic E-state index is -0.0507. The quantitative estimate of drug-likeness (QED) is 0.801. The molecule has 1 aromatic rings. The Kier molecular flexibility index (Phi) is 2.20. The van der Waals surface area contributed by atoms with Crippen LogP contribution in [0, 0.1) is 6.92 Å². The van der Waals surface area contributed by atoms with E-state index < -0.39 is 0 Å². The van der Waals surface area contributed by atoms with Crippen molar-refractivity contribution in [3.8, 4) is 0 Å². The van der Waals surface area contributed by atoms with Crippen molar-refractivity contribution in [1.82, 2.24) is 0 Å². The average Bonchev–Trinajstić information content (AvgIpc) is 2.05. The molecule has 0 spiro atoms. The molecule has 2 rings (SSSR count). The minimum Gasteiger partial charge on any atom is -0.321 e. The Bertz CT molecular complexity index is 329. The number of hydrogen-bond acceptors (Lipinski definition) is 1. The second kappa shape index (κ2) is 3.10. The molecular formula is C11H14BrN. The van der Waals surface area contributed by atoms with Crippen LogP contribution in [0.2, 0.25) is 0 Å². The molecule has 1 nitrogen and oxygen atoms in total. The van der Waals surface area contributed by atoms with E-state index in [0.717, 1.165) is 17.3 Å². The van der Waals surface area contributed by atoms with E-state index in [9.17, 15) is 0 Å². The zero-order valence-electron chi connectivity index (χ0n) is 7.81. The first-order valence-corrected chi connectivity index (χ1v) is 5.47. The molecular weight excluding hydrogens is 226 g/mol. The molecule has 1 aromatic carbocycles. The Morgan fingerprint density at radius 3 is 2.62 bits per heavy atom. The number of aryl methyl sites for hydroxylation is 1. The van der Waals surface area contributed by atoms with Gasteiger partial charge in [0.05, 0.1) is 0 Å². The van der Waals surface area contributed by atoms with Gasteiger partial charge in [-0.15, -0.1) is 0 Å². The van der Waals surface area contributed by atoms with Crippen LogP contribution < -0.4 is 5.73 Å². The van der Waals surface area contributed by atoms with Crippen LogP contribution in [-0.4, -0.2) is 0 Å². The Morgan fingerprint density at radius 1 is 1.38 bits per heavy atom. The van der Waals surface area contributed by atoms with Gasteiger partial charge >= 0.3 is 0 Å². The van der Waals surface area contributed by atoms with E-state index in [-0.39, 0.29) is 5.54 Å². The van der Waals surface area contributed by atoms with Crippen LogP contribution in [0.25, 0.3) is 0 Å². The van der Waals surface area contributed by atoms with Gasteiger partial charge in [-0.25, -0.2) is 0 Å². The molecule has 1 saturated carbocycles. The number of halogens is 1. The first-order chi connectivity index (χ1) is 6.12. The van der Waals surface area contributed by atoms with Crippen LogP contribution in [0.3, 0.4) is 0 Å². The Morgan fingerprint density at radius 2 is 2.08 bits per heavy atom. The standard InChI is InChI=1S/C11H14BrN/c1-8-3-4-10(12)9(7-8)11(13)5-2-6-11/h3-4,7H,2,5-6,13H2,1H3. The summed E-state index contributed by atoms with van der Waals surface area (Å²) in [5.41, 5.74) is 8.78. The van der Waals surface area contributed by atoms with Gasteiger partial charge in [-0.3, -0.25) is 0 Å². The van der Waals surface area contributed by atoms with Crippen molar-refractivity contribution in [3.63, 3.8) is 0 Å². The fraction of sp³-hybridized carbons (Fsp3) is 0.455. The van der Waals surface area contributed by atoms with Crippen molar-refractivity contribution in [2.75, 3.05) is 0 Å². The summed E-state index contributed by atoms with van der Waals surface area (Å²) in [5, 5.41) is 0. The molecule has 1 aliphatic rings. The lowest BCUT2D eigenvalue weighted by Gasteiger charge is -2.39. The third-order valence-electron chi connectivity index (χ3n) is 2.90. The van der Waals surface area contributed by atoms with Crippen molar-refractivity contribution in [2.45, 2.75) is 31.7 Å². The molecule has 0 saturated heterocycles. The number of rotatable bonds is 1. The van der Waals surface area contributed by atoms with Crippen LogP contribution >= 0.6 is 15.9 Å². The predicted octanol–water partition coefficient (Wildman–Crippen LogP) is 3.10. The summed E-state index contributed by atoms with van der Waals surface area (Å²) in [4.78, 5) is 0. The molecule has 0 aliphatic heterocycles. The maximum Gasteiger partial charge on any atom is 0.0421 e. The Balaban J connectivity index is 2.43. The topological polar surface area (TPSA) is 26.0 Å². The molecule has 0 unspecified atom stereocenters. The summed E-state index contributed by atoms with van der Waals surface area (Å²) in [5.74, 6) is 0. The molecule has 2 heteroatoms. The molecule has 0 aromatic heterocycles. The number of benzene rings is 1. The van der Waals surface area contributed by atoms with Gasteiger partial charge in [0, 0.05) is 10.0 Å². The minimum absolute atomic E-state index is 0.0507. The Labute approximate surface area is 87.5 Å². The molecule has 0 atom stereocenters. The molecule has 13 heavy (non-hydrogen) atoms. The maximum absolute atomic E-state index is 6.26. The molecule has 0 amide bonds. The van der Waals surface area contributed by atoms with Gasteiger partial charge in [-0.2, -0.15) is 0 Å². The first kappa shape index (κ1) is 9.22. The van der Waals surface area contributed by atoms with Gasteiger partial charge in [-0.1, -0.05) is 33.6 Å². The third-order valence-corrected chi connectivity index (χ3v) is 3.60. The largest absolute Gasteiger partial charge is 0.321 e. The summed E-state index contributed by atoms with van der Waals surface area (Å²) in [6, 6.07) is 6.40. The van der Waals surface area contributed by atoms with Gasteiger partial charge in [0.15, 0.2) is 0 Å². The van der Waals surface area contributed by atoms with Crippen molar-refractivity contribution in [3.05, 3.63) is 33.8 Å². The van der Waals surface area contributed by atoms with Crippen LogP contribution in [-0.2, 0) is 5.54 Å². The molecule has 2 N–H and O–H groups in total. The van der Waals surface area contributed by atoms with E-state index in [1.807, 2.05) is 0 Å². The first-order valence-electron chi connectivity index (χ1n) is 4.67. The molecule has 70 valence electrons. The Hall–Kier alpha value is -0.340. The van der Waals surface area contributed by atoms with E-state index in [0.29, 0.717) is 0 Å². The van der Waals surface area contributed by atoms with Crippen LogP contribution in [0.15, 0.2) is 22.7 Å². The maximum atomic E-state index is 6.26. The highest BCUT2D eigenvalue weighted by Gasteiger charge is 2.35. The second-order valence-corrected chi connectivity index (χ2v) is 4.85. The predicted molar refractivity (Wildman–Crippen MR) is 58.6 cm³/mol. The highest BCUT2D eigenvalue weighted by Crippen LogP contribution is 2.41. The zero-order chi connectivity index (χ0) is 9.47. The molecule has 0 radical (unpaired) electrons. The van der Waals surface area contributed by atoms with Gasteiger partial charge in [0.25, 0.3) is 0 Å². The molecule has 0 heterocycles. The van der Waals surface area contributed by atoms with Crippen LogP contribution in [0.1, 0.15) is 30.4 Å². The zero-order valence-corrected chi connectivity index (χ0v) is 9.39. The third kappa shape index (κ3) is 1.53. The van der Waals surface area contributed by atoms with Gasteiger partial charge in [-0.05, 0) is 37.8 Å². The van der Waals surface area contributed by atoms with Gasteiger partial charge in [0.1, 0.15) is 0 Å². The highest BCUT2D eigenvalue weighted by molar-refractivity contribution is 9.10. The van der Waals surface area contributed by atoms with Crippen LogP contribution in [0.4, 0.5) is 0 Å². The lowest BCUT2D eigenvalue weighted by molar-refractivity contribution is 0.252. The average molecular weight is 240 g/mol. The summed E-state index contributed by atoms with van der Waals surface area (Å²) in [7, 11) is 0. The van der Waals surface area contributed by atoms with E-state index in [1.54, 1.807) is 0 Å². The summed E-state index contributed by atoms with van der Waals surface area (Å²) in [6.07, 6.45) is 3.50. The van der Waals surface area contributed by atoms with Crippen molar-refractivity contribution < 1.29 is 0 Å².